The zero-order valence-corrected chi connectivity index (χ0v) is 11.6. The van der Waals surface area contributed by atoms with Gasteiger partial charge in [0.1, 0.15) is 0 Å². The zero-order valence-electron chi connectivity index (χ0n) is 10.1. The Bertz CT molecular complexity index is 358. The Morgan fingerprint density at radius 3 is 3.06 bits per heavy atom. The van der Waals surface area contributed by atoms with Crippen LogP contribution in [0.5, 0.6) is 0 Å². The summed E-state index contributed by atoms with van der Waals surface area (Å²) in [5.74, 6) is 0. The summed E-state index contributed by atoms with van der Waals surface area (Å²) < 4.78 is 6.52. The zero-order chi connectivity index (χ0) is 12.3. The van der Waals surface area contributed by atoms with Gasteiger partial charge in [-0.1, -0.05) is 18.5 Å². The summed E-state index contributed by atoms with van der Waals surface area (Å²) in [6, 6.07) is 4.31. The second-order valence-corrected chi connectivity index (χ2v) is 6.04. The number of nitrogens with two attached hydrogens (primary N) is 1. The van der Waals surface area contributed by atoms with E-state index in [1.807, 2.05) is 6.07 Å². The molecule has 17 heavy (non-hydrogen) atoms. The lowest BCUT2D eigenvalue weighted by atomic mass is 10.1. The van der Waals surface area contributed by atoms with E-state index >= 15 is 0 Å². The summed E-state index contributed by atoms with van der Waals surface area (Å²) in [4.78, 5) is 3.68. The van der Waals surface area contributed by atoms with Crippen LogP contribution in [0.15, 0.2) is 12.1 Å². The number of hydrogen-bond donors (Lipinski definition) is 1. The molecule has 0 bridgehead atoms. The van der Waals surface area contributed by atoms with E-state index in [9.17, 15) is 0 Å². The van der Waals surface area contributed by atoms with Gasteiger partial charge >= 0.3 is 0 Å². The third-order valence-corrected chi connectivity index (χ3v) is 4.54. The quantitative estimate of drug-likeness (QED) is 0.917. The van der Waals surface area contributed by atoms with Crippen LogP contribution in [0, 0.1) is 0 Å². The van der Waals surface area contributed by atoms with Crippen LogP contribution in [0.25, 0.3) is 0 Å². The van der Waals surface area contributed by atoms with Crippen molar-refractivity contribution < 1.29 is 4.74 Å². The van der Waals surface area contributed by atoms with Gasteiger partial charge in [0.15, 0.2) is 0 Å². The Morgan fingerprint density at radius 1 is 1.65 bits per heavy atom. The van der Waals surface area contributed by atoms with Crippen molar-refractivity contribution in [1.82, 2.24) is 4.90 Å². The standard InChI is InChI=1S/C12H19ClN2OS/c1-2-9-8-15(5-6-16-9)10(7-14)11-3-4-12(13)17-11/h3-4,9-10H,2,5-8,14H2,1H3. The summed E-state index contributed by atoms with van der Waals surface area (Å²) in [5.41, 5.74) is 5.91. The predicted octanol–water partition coefficient (Wildman–Crippen LogP) is 2.51. The molecule has 0 saturated carbocycles. The third kappa shape index (κ3) is 3.20. The minimum Gasteiger partial charge on any atom is -0.376 e. The Morgan fingerprint density at radius 2 is 2.47 bits per heavy atom. The lowest BCUT2D eigenvalue weighted by molar-refractivity contribution is -0.0432. The Labute approximate surface area is 112 Å². The van der Waals surface area contributed by atoms with Gasteiger partial charge in [-0.25, -0.2) is 0 Å². The second kappa shape index (κ2) is 6.16. The van der Waals surface area contributed by atoms with Crippen LogP contribution in [0.3, 0.4) is 0 Å². The second-order valence-electron chi connectivity index (χ2n) is 4.29. The molecule has 1 fully saturated rings. The molecule has 2 N–H and O–H groups in total. The average molecular weight is 275 g/mol. The maximum atomic E-state index is 5.99. The van der Waals surface area contributed by atoms with Gasteiger partial charge in [-0.2, -0.15) is 0 Å². The van der Waals surface area contributed by atoms with Crippen LogP contribution in [0.2, 0.25) is 4.34 Å². The van der Waals surface area contributed by atoms with Crippen molar-refractivity contribution >= 4 is 22.9 Å². The number of ether oxygens (including phenoxy) is 1. The number of hydrogen-bond acceptors (Lipinski definition) is 4. The van der Waals surface area contributed by atoms with E-state index in [0.717, 1.165) is 30.5 Å². The van der Waals surface area contributed by atoms with E-state index < -0.39 is 0 Å². The molecule has 1 saturated heterocycles. The molecule has 1 aliphatic heterocycles. The first-order valence-corrected chi connectivity index (χ1v) is 7.25. The summed E-state index contributed by atoms with van der Waals surface area (Å²) in [6.07, 6.45) is 1.40. The first-order valence-electron chi connectivity index (χ1n) is 6.05. The molecule has 1 aromatic rings. The molecule has 1 aromatic heterocycles. The molecule has 2 atom stereocenters. The maximum absolute atomic E-state index is 5.99. The van der Waals surface area contributed by atoms with E-state index in [2.05, 4.69) is 17.9 Å². The van der Waals surface area contributed by atoms with Gasteiger partial charge in [-0.3, -0.25) is 4.90 Å². The fourth-order valence-corrected chi connectivity index (χ4v) is 3.43. The topological polar surface area (TPSA) is 38.5 Å². The van der Waals surface area contributed by atoms with Crippen LogP contribution in [-0.4, -0.2) is 37.2 Å². The molecular weight excluding hydrogens is 256 g/mol. The SMILES string of the molecule is CCC1CN(C(CN)c2ccc(Cl)s2)CCO1. The summed E-state index contributed by atoms with van der Waals surface area (Å²) in [7, 11) is 0. The molecule has 0 aliphatic carbocycles. The smallest absolute Gasteiger partial charge is 0.0931 e. The molecule has 2 rings (SSSR count). The van der Waals surface area contributed by atoms with Crippen LogP contribution in [0.4, 0.5) is 0 Å². The molecule has 0 aromatic carbocycles. The van der Waals surface area contributed by atoms with Crippen LogP contribution in [0.1, 0.15) is 24.3 Å². The summed E-state index contributed by atoms with van der Waals surface area (Å²) in [5, 5.41) is 0. The predicted molar refractivity (Wildman–Crippen MR) is 72.7 cm³/mol. The highest BCUT2D eigenvalue weighted by atomic mass is 35.5. The van der Waals surface area contributed by atoms with Gasteiger partial charge in [0.05, 0.1) is 23.1 Å². The minimum atomic E-state index is 0.283. The van der Waals surface area contributed by atoms with Gasteiger partial charge in [0.25, 0.3) is 0 Å². The number of rotatable bonds is 4. The molecule has 0 amide bonds. The maximum Gasteiger partial charge on any atom is 0.0931 e. The van der Waals surface area contributed by atoms with E-state index in [4.69, 9.17) is 22.1 Å². The largest absolute Gasteiger partial charge is 0.376 e. The molecular formula is C12H19ClN2OS. The fourth-order valence-electron chi connectivity index (χ4n) is 2.22. The molecule has 1 aliphatic rings. The van der Waals surface area contributed by atoms with Gasteiger partial charge in [-0.05, 0) is 18.6 Å². The van der Waals surface area contributed by atoms with E-state index in [1.54, 1.807) is 11.3 Å². The summed E-state index contributed by atoms with van der Waals surface area (Å²) >= 11 is 7.62. The molecule has 2 unspecified atom stereocenters. The molecule has 3 nitrogen and oxygen atoms in total. The van der Waals surface area contributed by atoms with Crippen molar-refractivity contribution in [2.45, 2.75) is 25.5 Å². The molecule has 0 radical (unpaired) electrons. The Hall–Kier alpha value is -0.130. The Balaban J connectivity index is 2.07. The van der Waals surface area contributed by atoms with Gasteiger partial charge in [0, 0.05) is 24.5 Å². The minimum absolute atomic E-state index is 0.283. The van der Waals surface area contributed by atoms with Crippen molar-refractivity contribution in [3.63, 3.8) is 0 Å². The van der Waals surface area contributed by atoms with Crippen LogP contribution < -0.4 is 5.73 Å². The highest BCUT2D eigenvalue weighted by Crippen LogP contribution is 2.31. The lowest BCUT2D eigenvalue weighted by Gasteiger charge is -2.37. The highest BCUT2D eigenvalue weighted by Gasteiger charge is 2.26. The number of halogens is 1. The van der Waals surface area contributed by atoms with Gasteiger partial charge in [-0.15, -0.1) is 11.3 Å². The first kappa shape index (κ1) is 13.3. The lowest BCUT2D eigenvalue weighted by Crippen LogP contribution is -2.45. The van der Waals surface area contributed by atoms with E-state index in [1.165, 1.54) is 4.88 Å². The van der Waals surface area contributed by atoms with Crippen molar-refractivity contribution in [2.24, 2.45) is 5.73 Å². The van der Waals surface area contributed by atoms with Crippen molar-refractivity contribution in [3.8, 4) is 0 Å². The highest BCUT2D eigenvalue weighted by molar-refractivity contribution is 7.16. The Kier molecular flexibility index (Phi) is 4.82. The van der Waals surface area contributed by atoms with Crippen molar-refractivity contribution in [3.05, 3.63) is 21.3 Å². The van der Waals surface area contributed by atoms with Crippen LogP contribution in [-0.2, 0) is 4.74 Å². The average Bonchev–Trinajstić information content (AvgIpc) is 2.77. The fraction of sp³-hybridized carbons (Fsp3) is 0.667. The van der Waals surface area contributed by atoms with Gasteiger partial charge in [0.2, 0.25) is 0 Å². The van der Waals surface area contributed by atoms with Crippen LogP contribution >= 0.6 is 22.9 Å². The molecule has 2 heterocycles. The van der Waals surface area contributed by atoms with Crippen molar-refractivity contribution in [1.29, 1.82) is 0 Å². The molecule has 5 heteroatoms. The van der Waals surface area contributed by atoms with E-state index in [0.29, 0.717) is 12.6 Å². The third-order valence-electron chi connectivity index (χ3n) is 3.21. The van der Waals surface area contributed by atoms with Crippen molar-refractivity contribution in [2.75, 3.05) is 26.2 Å². The number of thiophene rings is 1. The first-order chi connectivity index (χ1) is 8.24. The molecule has 96 valence electrons. The summed E-state index contributed by atoms with van der Waals surface area (Å²) in [6.45, 7) is 5.51. The number of morpholine rings is 1. The van der Waals surface area contributed by atoms with Gasteiger partial charge < -0.3 is 10.5 Å². The molecule has 0 spiro atoms. The monoisotopic (exact) mass is 274 g/mol. The normalized spacial score (nSPS) is 23.8. The van der Waals surface area contributed by atoms with E-state index in [-0.39, 0.29) is 6.04 Å². The number of nitrogens with zero attached hydrogens (tertiary/aromatic N) is 1.